The van der Waals surface area contributed by atoms with Gasteiger partial charge in [0, 0.05) is 39.3 Å². The number of halogens is 1. The van der Waals surface area contributed by atoms with Gasteiger partial charge in [-0.3, -0.25) is 9.59 Å². The molecule has 4 aromatic rings. The standard InChI is InChI=1S/C26H22IN5O2/c1-16-6-11-22(23(27)14-16)25(34)30-20-4-3-5-21(15-20)31-26-28-13-12-24(32-26)18-7-9-19(10-8-18)29-17(2)33/h3-15H,1-2H3,(H,29,33)(H,30,34)(H,28,31,32). The first-order valence-corrected chi connectivity index (χ1v) is 11.6. The zero-order valence-corrected chi connectivity index (χ0v) is 20.8. The molecule has 8 heteroatoms. The Morgan fingerprint density at radius 3 is 2.35 bits per heavy atom. The number of nitrogens with one attached hydrogen (secondary N) is 3. The van der Waals surface area contributed by atoms with Crippen LogP contribution in [0, 0.1) is 10.5 Å². The van der Waals surface area contributed by atoms with Crippen molar-refractivity contribution in [3.8, 4) is 11.3 Å². The van der Waals surface area contributed by atoms with Crippen LogP contribution in [-0.2, 0) is 4.79 Å². The second kappa shape index (κ2) is 10.4. The summed E-state index contributed by atoms with van der Waals surface area (Å²) in [5, 5.41) is 8.89. The number of hydrogen-bond acceptors (Lipinski definition) is 5. The van der Waals surface area contributed by atoms with E-state index in [1.54, 1.807) is 6.20 Å². The van der Waals surface area contributed by atoms with Gasteiger partial charge in [0.05, 0.1) is 11.3 Å². The summed E-state index contributed by atoms with van der Waals surface area (Å²) in [7, 11) is 0. The summed E-state index contributed by atoms with van der Waals surface area (Å²) in [5.41, 5.74) is 5.51. The SMILES string of the molecule is CC(=O)Nc1ccc(-c2ccnc(Nc3cccc(NC(=O)c4ccc(C)cc4I)c3)n2)cc1. The van der Waals surface area contributed by atoms with Crippen LogP contribution in [0.5, 0.6) is 0 Å². The predicted molar refractivity (Wildman–Crippen MR) is 143 cm³/mol. The number of rotatable bonds is 6. The molecule has 170 valence electrons. The Labute approximate surface area is 211 Å². The fraction of sp³-hybridized carbons (Fsp3) is 0.0769. The lowest BCUT2D eigenvalue weighted by Gasteiger charge is -2.11. The highest BCUT2D eigenvalue weighted by molar-refractivity contribution is 14.1. The van der Waals surface area contributed by atoms with E-state index < -0.39 is 0 Å². The third-order valence-corrected chi connectivity index (χ3v) is 5.79. The molecule has 2 amide bonds. The highest BCUT2D eigenvalue weighted by Gasteiger charge is 2.11. The van der Waals surface area contributed by atoms with Gasteiger partial charge in [-0.2, -0.15) is 0 Å². The Morgan fingerprint density at radius 1 is 0.853 bits per heavy atom. The number of amides is 2. The van der Waals surface area contributed by atoms with Crippen LogP contribution in [0.3, 0.4) is 0 Å². The van der Waals surface area contributed by atoms with Gasteiger partial charge in [0.1, 0.15) is 0 Å². The Kier molecular flexibility index (Phi) is 7.17. The Morgan fingerprint density at radius 2 is 1.62 bits per heavy atom. The Bertz CT molecular complexity index is 1360. The van der Waals surface area contributed by atoms with E-state index in [1.807, 2.05) is 79.7 Å². The van der Waals surface area contributed by atoms with Gasteiger partial charge < -0.3 is 16.0 Å². The Hall–Kier alpha value is -3.79. The maximum absolute atomic E-state index is 12.7. The molecule has 1 heterocycles. The summed E-state index contributed by atoms with van der Waals surface area (Å²) < 4.78 is 0.903. The smallest absolute Gasteiger partial charge is 0.256 e. The maximum Gasteiger partial charge on any atom is 0.256 e. The largest absolute Gasteiger partial charge is 0.326 e. The van der Waals surface area contributed by atoms with E-state index in [4.69, 9.17) is 0 Å². The molecule has 4 rings (SSSR count). The topological polar surface area (TPSA) is 96.0 Å². The molecule has 34 heavy (non-hydrogen) atoms. The lowest BCUT2D eigenvalue weighted by Crippen LogP contribution is -2.13. The van der Waals surface area contributed by atoms with E-state index in [0.717, 1.165) is 31.8 Å². The minimum Gasteiger partial charge on any atom is -0.326 e. The average Bonchev–Trinajstić information content (AvgIpc) is 2.79. The zero-order chi connectivity index (χ0) is 24.1. The summed E-state index contributed by atoms with van der Waals surface area (Å²) in [6.45, 7) is 3.47. The van der Waals surface area contributed by atoms with Gasteiger partial charge in [0.25, 0.3) is 5.91 Å². The molecule has 0 bridgehead atoms. The number of anilines is 4. The van der Waals surface area contributed by atoms with Crippen LogP contribution in [0.1, 0.15) is 22.8 Å². The number of carbonyl (C=O) groups is 2. The second-order valence-electron chi connectivity index (χ2n) is 7.67. The minimum absolute atomic E-state index is 0.117. The van der Waals surface area contributed by atoms with Crippen LogP contribution < -0.4 is 16.0 Å². The van der Waals surface area contributed by atoms with Crippen molar-refractivity contribution in [2.45, 2.75) is 13.8 Å². The molecule has 0 unspecified atom stereocenters. The third kappa shape index (κ3) is 5.96. The van der Waals surface area contributed by atoms with Gasteiger partial charge in [-0.1, -0.05) is 29.8 Å². The quantitative estimate of drug-likeness (QED) is 0.250. The van der Waals surface area contributed by atoms with Crippen molar-refractivity contribution in [3.05, 3.63) is 93.7 Å². The number of benzene rings is 3. The molecule has 0 atom stereocenters. The van der Waals surface area contributed by atoms with Crippen molar-refractivity contribution >= 4 is 57.4 Å². The van der Waals surface area contributed by atoms with E-state index in [1.165, 1.54) is 6.92 Å². The van der Waals surface area contributed by atoms with Crippen molar-refractivity contribution in [2.24, 2.45) is 0 Å². The van der Waals surface area contributed by atoms with Crippen LogP contribution in [0.2, 0.25) is 0 Å². The first kappa shape index (κ1) is 23.4. The van der Waals surface area contributed by atoms with Crippen LogP contribution in [0.25, 0.3) is 11.3 Å². The summed E-state index contributed by atoms with van der Waals surface area (Å²) >= 11 is 2.17. The monoisotopic (exact) mass is 563 g/mol. The second-order valence-corrected chi connectivity index (χ2v) is 8.83. The molecule has 0 spiro atoms. The van der Waals surface area contributed by atoms with Crippen molar-refractivity contribution in [1.82, 2.24) is 9.97 Å². The summed E-state index contributed by atoms with van der Waals surface area (Å²) in [5.74, 6) is 0.149. The summed E-state index contributed by atoms with van der Waals surface area (Å²) in [4.78, 5) is 32.8. The van der Waals surface area contributed by atoms with Gasteiger partial charge in [-0.15, -0.1) is 0 Å². The maximum atomic E-state index is 12.7. The van der Waals surface area contributed by atoms with Crippen molar-refractivity contribution < 1.29 is 9.59 Å². The lowest BCUT2D eigenvalue weighted by atomic mass is 10.1. The Balaban J connectivity index is 1.48. The van der Waals surface area contributed by atoms with E-state index in [0.29, 0.717) is 17.2 Å². The van der Waals surface area contributed by atoms with Gasteiger partial charge in [0.15, 0.2) is 0 Å². The normalized spacial score (nSPS) is 10.4. The number of nitrogens with zero attached hydrogens (tertiary/aromatic N) is 2. The van der Waals surface area contributed by atoms with Crippen molar-refractivity contribution in [3.63, 3.8) is 0 Å². The molecule has 7 nitrogen and oxygen atoms in total. The molecule has 0 saturated heterocycles. The number of aromatic nitrogens is 2. The highest BCUT2D eigenvalue weighted by atomic mass is 127. The average molecular weight is 563 g/mol. The number of carbonyl (C=O) groups excluding carboxylic acids is 2. The molecular weight excluding hydrogens is 541 g/mol. The fourth-order valence-electron chi connectivity index (χ4n) is 3.31. The molecule has 0 aliphatic carbocycles. The molecule has 1 aromatic heterocycles. The number of aryl methyl sites for hydroxylation is 1. The van der Waals surface area contributed by atoms with Crippen LogP contribution in [0.4, 0.5) is 23.0 Å². The molecule has 0 aliphatic heterocycles. The third-order valence-electron chi connectivity index (χ3n) is 4.90. The fourth-order valence-corrected chi connectivity index (χ4v) is 4.23. The first-order chi connectivity index (χ1) is 16.4. The lowest BCUT2D eigenvalue weighted by molar-refractivity contribution is -0.114. The van der Waals surface area contributed by atoms with Gasteiger partial charge >= 0.3 is 0 Å². The van der Waals surface area contributed by atoms with E-state index in [2.05, 4.69) is 48.5 Å². The van der Waals surface area contributed by atoms with Gasteiger partial charge in [-0.05, 0) is 78.0 Å². The molecule has 3 aromatic carbocycles. The van der Waals surface area contributed by atoms with Crippen LogP contribution >= 0.6 is 22.6 Å². The summed E-state index contributed by atoms with van der Waals surface area (Å²) in [6, 6.07) is 22.4. The van der Waals surface area contributed by atoms with Crippen LogP contribution in [0.15, 0.2) is 79.0 Å². The minimum atomic E-state index is -0.164. The molecule has 0 radical (unpaired) electrons. The van der Waals surface area contributed by atoms with Crippen LogP contribution in [-0.4, -0.2) is 21.8 Å². The van der Waals surface area contributed by atoms with Crippen molar-refractivity contribution in [2.75, 3.05) is 16.0 Å². The molecule has 0 saturated carbocycles. The highest BCUT2D eigenvalue weighted by Crippen LogP contribution is 2.23. The zero-order valence-electron chi connectivity index (χ0n) is 18.6. The number of hydrogen-bond donors (Lipinski definition) is 3. The molecular formula is C26H22IN5O2. The molecule has 3 N–H and O–H groups in total. The van der Waals surface area contributed by atoms with E-state index >= 15 is 0 Å². The van der Waals surface area contributed by atoms with Crippen molar-refractivity contribution in [1.29, 1.82) is 0 Å². The van der Waals surface area contributed by atoms with Gasteiger partial charge in [0.2, 0.25) is 11.9 Å². The molecule has 0 aliphatic rings. The summed E-state index contributed by atoms with van der Waals surface area (Å²) in [6.07, 6.45) is 1.68. The predicted octanol–water partition coefficient (Wildman–Crippen LogP) is 6.01. The van der Waals surface area contributed by atoms with E-state index in [9.17, 15) is 9.59 Å². The van der Waals surface area contributed by atoms with E-state index in [-0.39, 0.29) is 11.8 Å². The first-order valence-electron chi connectivity index (χ1n) is 10.5. The molecule has 0 fully saturated rings. The van der Waals surface area contributed by atoms with Gasteiger partial charge in [-0.25, -0.2) is 9.97 Å².